The summed E-state index contributed by atoms with van der Waals surface area (Å²) in [5.74, 6) is 0.619. The van der Waals surface area contributed by atoms with Crippen LogP contribution in [-0.4, -0.2) is 18.2 Å². The molecule has 0 saturated heterocycles. The Hall–Kier alpha value is -1.52. The molecule has 0 aliphatic rings. The van der Waals surface area contributed by atoms with Gasteiger partial charge in [0.25, 0.3) is 0 Å². The molecule has 0 saturated carbocycles. The van der Waals surface area contributed by atoms with Crippen molar-refractivity contribution in [3.8, 4) is 0 Å². The molecule has 2 aromatic carbocycles. The molecule has 2 aromatic rings. The molecule has 0 aliphatic carbocycles. The molecule has 0 heterocycles. The number of rotatable bonds is 7. The Bertz CT molecular complexity index is 618. The molecule has 2 rings (SSSR count). The van der Waals surface area contributed by atoms with Crippen molar-refractivity contribution in [2.75, 3.05) is 12.3 Å². The van der Waals surface area contributed by atoms with Crippen LogP contribution in [0, 0.1) is 5.82 Å². The van der Waals surface area contributed by atoms with Crippen molar-refractivity contribution in [2.45, 2.75) is 17.7 Å². The first-order valence-corrected chi connectivity index (χ1v) is 8.40. The molecule has 116 valence electrons. The zero-order valence-electron chi connectivity index (χ0n) is 12.0. The van der Waals surface area contributed by atoms with Gasteiger partial charge in [-0.05, 0) is 48.1 Å². The molecule has 1 N–H and O–H groups in total. The average molecular weight is 338 g/mol. The molecule has 0 aromatic heterocycles. The van der Waals surface area contributed by atoms with E-state index in [1.165, 1.54) is 12.1 Å². The van der Waals surface area contributed by atoms with Crippen LogP contribution in [0.15, 0.2) is 53.4 Å². The van der Waals surface area contributed by atoms with Crippen LogP contribution in [0.2, 0.25) is 5.02 Å². The number of carbonyl (C=O) groups is 1. The lowest BCUT2D eigenvalue weighted by molar-refractivity contribution is -0.120. The van der Waals surface area contributed by atoms with Crippen molar-refractivity contribution < 1.29 is 9.18 Å². The number of hydrogen-bond acceptors (Lipinski definition) is 2. The maximum absolute atomic E-state index is 12.8. The fourth-order valence-corrected chi connectivity index (χ4v) is 2.95. The molecule has 0 radical (unpaired) electrons. The number of amides is 1. The normalized spacial score (nSPS) is 10.5. The predicted octanol–water partition coefficient (Wildman–Crippen LogP) is 4.32. The topological polar surface area (TPSA) is 29.1 Å². The van der Waals surface area contributed by atoms with Crippen molar-refractivity contribution in [2.24, 2.45) is 0 Å². The fourth-order valence-electron chi connectivity index (χ4n) is 1.90. The van der Waals surface area contributed by atoms with Crippen LogP contribution in [0.25, 0.3) is 0 Å². The standard InChI is InChI=1S/C17H17ClFNOS/c18-16-5-2-1-4-13(16)12-17(21)20-10-3-11-22-15-8-6-14(19)7-9-15/h1-2,4-9H,3,10-12H2,(H,20,21). The number of carbonyl (C=O) groups excluding carboxylic acids is 1. The Kier molecular flexibility index (Phi) is 6.74. The van der Waals surface area contributed by atoms with Crippen LogP contribution in [0.1, 0.15) is 12.0 Å². The maximum Gasteiger partial charge on any atom is 0.224 e. The highest BCUT2D eigenvalue weighted by Crippen LogP contribution is 2.18. The monoisotopic (exact) mass is 337 g/mol. The van der Waals surface area contributed by atoms with Gasteiger partial charge in [0.05, 0.1) is 6.42 Å². The Labute approximate surface area is 139 Å². The SMILES string of the molecule is O=C(Cc1ccccc1Cl)NCCCSc1ccc(F)cc1. The van der Waals surface area contributed by atoms with E-state index in [0.29, 0.717) is 18.0 Å². The number of nitrogens with one attached hydrogen (secondary N) is 1. The van der Waals surface area contributed by atoms with E-state index in [2.05, 4.69) is 5.32 Å². The van der Waals surface area contributed by atoms with Gasteiger partial charge in [-0.1, -0.05) is 29.8 Å². The molecule has 0 unspecified atom stereocenters. The van der Waals surface area contributed by atoms with E-state index in [1.54, 1.807) is 30.0 Å². The zero-order valence-corrected chi connectivity index (χ0v) is 13.6. The van der Waals surface area contributed by atoms with Gasteiger partial charge in [-0.15, -0.1) is 11.8 Å². The van der Waals surface area contributed by atoms with Crippen LogP contribution >= 0.6 is 23.4 Å². The first-order chi connectivity index (χ1) is 10.6. The van der Waals surface area contributed by atoms with Crippen LogP contribution in [-0.2, 0) is 11.2 Å². The minimum absolute atomic E-state index is 0.0279. The summed E-state index contributed by atoms with van der Waals surface area (Å²) in [7, 11) is 0. The molecule has 0 fully saturated rings. The quantitative estimate of drug-likeness (QED) is 0.602. The number of benzene rings is 2. The lowest BCUT2D eigenvalue weighted by atomic mass is 10.1. The molecular formula is C17H17ClFNOS. The van der Waals surface area contributed by atoms with Gasteiger partial charge in [0.1, 0.15) is 5.82 Å². The van der Waals surface area contributed by atoms with E-state index >= 15 is 0 Å². The third kappa shape index (κ3) is 5.70. The van der Waals surface area contributed by atoms with Gasteiger partial charge in [-0.3, -0.25) is 4.79 Å². The highest BCUT2D eigenvalue weighted by atomic mass is 35.5. The lowest BCUT2D eigenvalue weighted by Crippen LogP contribution is -2.26. The second-order valence-corrected chi connectivity index (χ2v) is 6.35. The smallest absolute Gasteiger partial charge is 0.224 e. The molecule has 2 nitrogen and oxygen atoms in total. The third-order valence-corrected chi connectivity index (χ3v) is 4.50. The van der Waals surface area contributed by atoms with Crippen LogP contribution < -0.4 is 5.32 Å². The van der Waals surface area contributed by atoms with E-state index in [-0.39, 0.29) is 11.7 Å². The summed E-state index contributed by atoms with van der Waals surface area (Å²) >= 11 is 7.67. The predicted molar refractivity (Wildman–Crippen MR) is 89.9 cm³/mol. The summed E-state index contributed by atoms with van der Waals surface area (Å²) in [6, 6.07) is 13.8. The molecule has 5 heteroatoms. The summed E-state index contributed by atoms with van der Waals surface area (Å²) in [5.41, 5.74) is 0.836. The number of halogens is 2. The largest absolute Gasteiger partial charge is 0.356 e. The number of hydrogen-bond donors (Lipinski definition) is 1. The molecule has 0 bridgehead atoms. The Morgan fingerprint density at radius 2 is 1.86 bits per heavy atom. The van der Waals surface area contributed by atoms with Crippen molar-refractivity contribution in [1.29, 1.82) is 0 Å². The van der Waals surface area contributed by atoms with Crippen molar-refractivity contribution in [3.05, 3.63) is 64.9 Å². The van der Waals surface area contributed by atoms with Crippen LogP contribution in [0.4, 0.5) is 4.39 Å². The van der Waals surface area contributed by atoms with Crippen LogP contribution in [0.3, 0.4) is 0 Å². The summed E-state index contributed by atoms with van der Waals surface area (Å²) in [4.78, 5) is 12.8. The van der Waals surface area contributed by atoms with E-state index in [9.17, 15) is 9.18 Å². The van der Waals surface area contributed by atoms with Gasteiger partial charge in [0.2, 0.25) is 5.91 Å². The van der Waals surface area contributed by atoms with Gasteiger partial charge in [0, 0.05) is 16.5 Å². The zero-order chi connectivity index (χ0) is 15.8. The van der Waals surface area contributed by atoms with E-state index < -0.39 is 0 Å². The minimum Gasteiger partial charge on any atom is -0.356 e. The van der Waals surface area contributed by atoms with Crippen molar-refractivity contribution in [1.82, 2.24) is 5.32 Å². The first kappa shape index (κ1) is 16.8. The number of thioether (sulfide) groups is 1. The lowest BCUT2D eigenvalue weighted by Gasteiger charge is -2.06. The summed E-state index contributed by atoms with van der Waals surface area (Å²) in [6.45, 7) is 0.623. The minimum atomic E-state index is -0.226. The second kappa shape index (κ2) is 8.81. The Morgan fingerprint density at radius 1 is 1.14 bits per heavy atom. The summed E-state index contributed by atoms with van der Waals surface area (Å²) in [6.07, 6.45) is 1.15. The molecular weight excluding hydrogens is 321 g/mol. The molecule has 0 aliphatic heterocycles. The van der Waals surface area contributed by atoms with E-state index in [4.69, 9.17) is 11.6 Å². The molecule has 22 heavy (non-hydrogen) atoms. The highest BCUT2D eigenvalue weighted by molar-refractivity contribution is 7.99. The second-order valence-electron chi connectivity index (χ2n) is 4.77. The summed E-state index contributed by atoms with van der Waals surface area (Å²) < 4.78 is 12.8. The van der Waals surface area contributed by atoms with Crippen molar-refractivity contribution in [3.63, 3.8) is 0 Å². The summed E-state index contributed by atoms with van der Waals surface area (Å²) in [5, 5.41) is 3.50. The first-order valence-electron chi connectivity index (χ1n) is 7.03. The van der Waals surface area contributed by atoms with E-state index in [0.717, 1.165) is 22.6 Å². The van der Waals surface area contributed by atoms with Gasteiger partial charge in [-0.2, -0.15) is 0 Å². The third-order valence-electron chi connectivity index (χ3n) is 3.03. The Morgan fingerprint density at radius 3 is 2.59 bits per heavy atom. The van der Waals surface area contributed by atoms with Gasteiger partial charge >= 0.3 is 0 Å². The maximum atomic E-state index is 12.8. The average Bonchev–Trinajstić information content (AvgIpc) is 2.51. The van der Waals surface area contributed by atoms with Gasteiger partial charge < -0.3 is 5.32 Å². The fraction of sp³-hybridized carbons (Fsp3) is 0.235. The van der Waals surface area contributed by atoms with E-state index in [1.807, 2.05) is 18.2 Å². The van der Waals surface area contributed by atoms with Gasteiger partial charge in [0.15, 0.2) is 0 Å². The van der Waals surface area contributed by atoms with Crippen molar-refractivity contribution >= 4 is 29.3 Å². The van der Waals surface area contributed by atoms with Gasteiger partial charge in [-0.25, -0.2) is 4.39 Å². The molecule has 1 amide bonds. The highest BCUT2D eigenvalue weighted by Gasteiger charge is 2.05. The molecule has 0 atom stereocenters. The molecule has 0 spiro atoms. The Balaban J connectivity index is 1.63. The van der Waals surface area contributed by atoms with Crippen LogP contribution in [0.5, 0.6) is 0 Å².